The third-order valence-corrected chi connectivity index (χ3v) is 5.55. The Morgan fingerprint density at radius 1 is 1.03 bits per heavy atom. The van der Waals surface area contributed by atoms with E-state index in [1.54, 1.807) is 21.3 Å². The van der Waals surface area contributed by atoms with Crippen LogP contribution in [0.2, 0.25) is 0 Å². The van der Waals surface area contributed by atoms with Crippen molar-refractivity contribution < 1.29 is 14.2 Å². The standard InChI is InChI=1S/C24H34N4O3.HI/c1-18-5-7-19(8-6-18)16-26-24(25-2)27-17-21(28-11-13-31-14-12-28)20-9-10-22(29-3)23(15-20)30-4;/h5-10,15,21H,11-14,16-17H2,1-4H3,(H2,25,26,27);1H. The molecule has 1 heterocycles. The predicted octanol–water partition coefficient (Wildman–Crippen LogP) is 3.37. The van der Waals surface area contributed by atoms with Crippen molar-refractivity contribution >= 4 is 29.9 Å². The largest absolute Gasteiger partial charge is 0.493 e. The highest BCUT2D eigenvalue weighted by Crippen LogP contribution is 2.32. The fourth-order valence-corrected chi connectivity index (χ4v) is 3.71. The van der Waals surface area contributed by atoms with Crippen LogP contribution in [0.5, 0.6) is 11.5 Å². The number of benzene rings is 2. The van der Waals surface area contributed by atoms with E-state index in [-0.39, 0.29) is 30.0 Å². The highest BCUT2D eigenvalue weighted by molar-refractivity contribution is 14.0. The summed E-state index contributed by atoms with van der Waals surface area (Å²) in [4.78, 5) is 6.83. The minimum absolute atomic E-state index is 0. The third-order valence-electron chi connectivity index (χ3n) is 5.55. The quantitative estimate of drug-likeness (QED) is 0.297. The van der Waals surface area contributed by atoms with Gasteiger partial charge in [-0.3, -0.25) is 9.89 Å². The van der Waals surface area contributed by atoms with Gasteiger partial charge in [0.2, 0.25) is 0 Å². The molecule has 0 bridgehead atoms. The SMILES string of the molecule is CN=C(NCc1ccc(C)cc1)NCC(c1ccc(OC)c(OC)c1)N1CCOCC1.I. The van der Waals surface area contributed by atoms with Crippen LogP contribution in [-0.2, 0) is 11.3 Å². The summed E-state index contributed by atoms with van der Waals surface area (Å²) in [7, 11) is 5.12. The van der Waals surface area contributed by atoms with Crippen molar-refractivity contribution in [2.45, 2.75) is 19.5 Å². The average molecular weight is 554 g/mol. The van der Waals surface area contributed by atoms with Crippen LogP contribution in [0.15, 0.2) is 47.5 Å². The summed E-state index contributed by atoms with van der Waals surface area (Å²) < 4.78 is 16.5. The summed E-state index contributed by atoms with van der Waals surface area (Å²) in [5, 5.41) is 6.90. The first kappa shape index (κ1) is 26.2. The van der Waals surface area contributed by atoms with Gasteiger partial charge < -0.3 is 24.8 Å². The molecule has 2 aromatic carbocycles. The number of rotatable bonds is 8. The van der Waals surface area contributed by atoms with Gasteiger partial charge in [0.15, 0.2) is 17.5 Å². The maximum atomic E-state index is 5.57. The van der Waals surface area contributed by atoms with Crippen molar-refractivity contribution in [3.8, 4) is 11.5 Å². The second kappa shape index (κ2) is 13.5. The van der Waals surface area contributed by atoms with Crippen molar-refractivity contribution in [3.63, 3.8) is 0 Å². The Morgan fingerprint density at radius 2 is 1.72 bits per heavy atom. The minimum Gasteiger partial charge on any atom is -0.493 e. The normalized spacial score (nSPS) is 15.4. The van der Waals surface area contributed by atoms with Crippen LogP contribution >= 0.6 is 24.0 Å². The molecule has 7 nitrogen and oxygen atoms in total. The lowest BCUT2D eigenvalue weighted by Gasteiger charge is -2.35. The second-order valence-corrected chi connectivity index (χ2v) is 7.57. The number of methoxy groups -OCH3 is 2. The van der Waals surface area contributed by atoms with Crippen molar-refractivity contribution in [2.24, 2.45) is 4.99 Å². The van der Waals surface area contributed by atoms with E-state index in [2.05, 4.69) is 63.8 Å². The fourth-order valence-electron chi connectivity index (χ4n) is 3.71. The molecule has 1 saturated heterocycles. The van der Waals surface area contributed by atoms with E-state index in [1.807, 2.05) is 6.07 Å². The van der Waals surface area contributed by atoms with Crippen LogP contribution in [0.3, 0.4) is 0 Å². The minimum atomic E-state index is 0. The molecule has 0 spiro atoms. The van der Waals surface area contributed by atoms with Crippen LogP contribution in [0.4, 0.5) is 0 Å². The molecular formula is C24H35IN4O3. The van der Waals surface area contributed by atoms with Crippen molar-refractivity contribution in [1.29, 1.82) is 0 Å². The van der Waals surface area contributed by atoms with Crippen molar-refractivity contribution in [1.82, 2.24) is 15.5 Å². The molecular weight excluding hydrogens is 519 g/mol. The van der Waals surface area contributed by atoms with E-state index >= 15 is 0 Å². The Hall–Kier alpha value is -2.04. The molecule has 1 atom stereocenters. The average Bonchev–Trinajstić information content (AvgIpc) is 2.82. The summed E-state index contributed by atoms with van der Waals surface area (Å²) in [5.74, 6) is 2.25. The van der Waals surface area contributed by atoms with Crippen molar-refractivity contribution in [3.05, 3.63) is 59.2 Å². The maximum Gasteiger partial charge on any atom is 0.191 e. The van der Waals surface area contributed by atoms with Crippen LogP contribution in [0.25, 0.3) is 0 Å². The molecule has 1 unspecified atom stereocenters. The molecule has 1 fully saturated rings. The number of hydrogen-bond donors (Lipinski definition) is 2. The Kier molecular flexibility index (Phi) is 11.1. The summed E-state index contributed by atoms with van der Waals surface area (Å²) in [6.07, 6.45) is 0. The first-order valence-electron chi connectivity index (χ1n) is 10.7. The zero-order chi connectivity index (χ0) is 22.1. The first-order chi connectivity index (χ1) is 15.1. The molecule has 0 saturated carbocycles. The van der Waals surface area contributed by atoms with Crippen molar-refractivity contribution in [2.75, 3.05) is 54.1 Å². The van der Waals surface area contributed by atoms with Crippen LogP contribution < -0.4 is 20.1 Å². The molecule has 1 aliphatic rings. The summed E-state index contributed by atoms with van der Waals surface area (Å²) in [6.45, 7) is 6.78. The lowest BCUT2D eigenvalue weighted by Crippen LogP contribution is -2.46. The van der Waals surface area contributed by atoms with E-state index < -0.39 is 0 Å². The van der Waals surface area contributed by atoms with Gasteiger partial charge in [-0.25, -0.2) is 0 Å². The molecule has 176 valence electrons. The lowest BCUT2D eigenvalue weighted by atomic mass is 10.0. The van der Waals surface area contributed by atoms with Gasteiger partial charge in [-0.05, 0) is 30.2 Å². The molecule has 2 N–H and O–H groups in total. The number of guanidine groups is 1. The number of nitrogens with zero attached hydrogens (tertiary/aromatic N) is 2. The monoisotopic (exact) mass is 554 g/mol. The summed E-state index contributed by atoms with van der Waals surface area (Å²) in [6, 6.07) is 14.8. The number of hydrogen-bond acceptors (Lipinski definition) is 5. The van der Waals surface area contributed by atoms with E-state index in [0.717, 1.165) is 50.3 Å². The van der Waals surface area contributed by atoms with E-state index in [9.17, 15) is 0 Å². The fraction of sp³-hybridized carbons (Fsp3) is 0.458. The Morgan fingerprint density at radius 3 is 2.34 bits per heavy atom. The molecule has 0 amide bonds. The van der Waals surface area contributed by atoms with Crippen LogP contribution in [0, 0.1) is 6.92 Å². The number of aliphatic imine (C=N–C) groups is 1. The zero-order valence-corrected chi connectivity index (χ0v) is 21.7. The zero-order valence-electron chi connectivity index (χ0n) is 19.4. The predicted molar refractivity (Wildman–Crippen MR) is 139 cm³/mol. The summed E-state index contributed by atoms with van der Waals surface area (Å²) >= 11 is 0. The molecule has 1 aliphatic heterocycles. The lowest BCUT2D eigenvalue weighted by molar-refractivity contribution is 0.0169. The van der Waals surface area contributed by atoms with E-state index in [0.29, 0.717) is 6.54 Å². The number of ether oxygens (including phenoxy) is 3. The first-order valence-corrected chi connectivity index (χ1v) is 10.7. The molecule has 2 aromatic rings. The van der Waals surface area contributed by atoms with E-state index in [4.69, 9.17) is 14.2 Å². The van der Waals surface area contributed by atoms with Gasteiger partial charge in [0.1, 0.15) is 0 Å². The van der Waals surface area contributed by atoms with Gasteiger partial charge in [0.25, 0.3) is 0 Å². The van der Waals surface area contributed by atoms with E-state index in [1.165, 1.54) is 16.7 Å². The highest BCUT2D eigenvalue weighted by Gasteiger charge is 2.24. The number of nitrogens with one attached hydrogen (secondary N) is 2. The second-order valence-electron chi connectivity index (χ2n) is 7.57. The van der Waals surface area contributed by atoms with Gasteiger partial charge in [0, 0.05) is 33.2 Å². The highest BCUT2D eigenvalue weighted by atomic mass is 127. The van der Waals surface area contributed by atoms with Crippen LogP contribution in [0.1, 0.15) is 22.7 Å². The molecule has 0 aromatic heterocycles. The number of halogens is 1. The Labute approximate surface area is 208 Å². The van der Waals surface area contributed by atoms with Gasteiger partial charge >= 0.3 is 0 Å². The van der Waals surface area contributed by atoms with Gasteiger partial charge in [-0.1, -0.05) is 35.9 Å². The third kappa shape index (κ3) is 7.25. The Bertz CT molecular complexity index is 855. The Balaban J connectivity index is 0.00000363. The van der Waals surface area contributed by atoms with Gasteiger partial charge in [0.05, 0.1) is 33.5 Å². The van der Waals surface area contributed by atoms with Gasteiger partial charge in [-0.2, -0.15) is 0 Å². The van der Waals surface area contributed by atoms with Crippen LogP contribution in [-0.4, -0.2) is 65.0 Å². The number of morpholine rings is 1. The molecule has 32 heavy (non-hydrogen) atoms. The number of aryl methyl sites for hydroxylation is 1. The maximum absolute atomic E-state index is 5.57. The molecule has 3 rings (SSSR count). The molecule has 0 aliphatic carbocycles. The van der Waals surface area contributed by atoms with Gasteiger partial charge in [-0.15, -0.1) is 24.0 Å². The molecule has 0 radical (unpaired) electrons. The smallest absolute Gasteiger partial charge is 0.191 e. The molecule has 8 heteroatoms. The topological polar surface area (TPSA) is 67.4 Å². The summed E-state index contributed by atoms with van der Waals surface area (Å²) in [5.41, 5.74) is 3.65.